The molecule has 0 bridgehead atoms. The van der Waals surface area contributed by atoms with E-state index in [0.29, 0.717) is 5.56 Å². The molecule has 5 aromatic carbocycles. The predicted octanol–water partition coefficient (Wildman–Crippen LogP) is 10.3. The van der Waals surface area contributed by atoms with Crippen LogP contribution in [0, 0.1) is 11.3 Å². The maximum absolute atomic E-state index is 10.3. The number of aromatic nitrogens is 2. The molecule has 0 amide bonds. The van der Waals surface area contributed by atoms with E-state index in [0.717, 1.165) is 33.4 Å². The van der Waals surface area contributed by atoms with Crippen molar-refractivity contribution in [2.75, 3.05) is 0 Å². The van der Waals surface area contributed by atoms with Crippen LogP contribution in [0.2, 0.25) is 0 Å². The molecule has 0 unspecified atom stereocenters. The van der Waals surface area contributed by atoms with Crippen LogP contribution in [0.5, 0.6) is 0 Å². The first-order valence-corrected chi connectivity index (χ1v) is 14.7. The first-order chi connectivity index (χ1) is 20.0. The van der Waals surface area contributed by atoms with E-state index < -0.39 is 0 Å². The summed E-state index contributed by atoms with van der Waals surface area (Å²) >= 11 is 0. The molecular weight excluding hydrogens is 510 g/mol. The number of nitrogens with zero attached hydrogens (tertiary/aromatic N) is 3. The van der Waals surface area contributed by atoms with Crippen LogP contribution in [0.25, 0.3) is 55.0 Å². The zero-order valence-electron chi connectivity index (χ0n) is 25.2. The van der Waals surface area contributed by atoms with E-state index in [1.807, 2.05) is 12.1 Å². The molecule has 7 rings (SSSR count). The lowest BCUT2D eigenvalue weighted by Crippen LogP contribution is -2.11. The molecule has 42 heavy (non-hydrogen) atoms. The normalized spacial score (nSPS) is 12.5. The average molecular weight is 546 g/mol. The quantitative estimate of drug-likeness (QED) is 0.213. The molecule has 0 N–H and O–H groups in total. The molecule has 0 aliphatic carbocycles. The summed E-state index contributed by atoms with van der Waals surface area (Å²) in [6, 6.07) is 39.6. The molecule has 0 atom stereocenters. The number of rotatable bonds is 2. The molecule has 0 fully saturated rings. The summed E-state index contributed by atoms with van der Waals surface area (Å²) in [6.07, 6.45) is 0. The van der Waals surface area contributed by atoms with E-state index in [9.17, 15) is 5.26 Å². The smallest absolute Gasteiger partial charge is 0.0993 e. The molecule has 3 nitrogen and oxygen atoms in total. The van der Waals surface area contributed by atoms with Crippen molar-refractivity contribution >= 4 is 43.6 Å². The van der Waals surface area contributed by atoms with Crippen LogP contribution in [-0.4, -0.2) is 9.13 Å². The van der Waals surface area contributed by atoms with Crippen LogP contribution in [0.15, 0.2) is 103 Å². The summed E-state index contributed by atoms with van der Waals surface area (Å²) in [5, 5.41) is 15.1. The Morgan fingerprint density at radius 3 is 1.29 bits per heavy atom. The number of nitriles is 1. The summed E-state index contributed by atoms with van der Waals surface area (Å²) < 4.78 is 4.66. The maximum atomic E-state index is 10.3. The molecule has 0 saturated carbocycles. The van der Waals surface area contributed by atoms with Gasteiger partial charge in [-0.1, -0.05) is 102 Å². The summed E-state index contributed by atoms with van der Waals surface area (Å²) in [5.41, 5.74) is 9.79. The van der Waals surface area contributed by atoms with Gasteiger partial charge in [0.15, 0.2) is 0 Å². The lowest BCUT2D eigenvalue weighted by Gasteiger charge is -2.20. The van der Waals surface area contributed by atoms with Gasteiger partial charge in [-0.05, 0) is 64.4 Å². The summed E-state index contributed by atoms with van der Waals surface area (Å²) in [4.78, 5) is 0. The number of para-hydroxylation sites is 2. The summed E-state index contributed by atoms with van der Waals surface area (Å²) in [6.45, 7) is 13.5. The third kappa shape index (κ3) is 4.02. The molecule has 2 heterocycles. The van der Waals surface area contributed by atoms with Crippen LogP contribution in [0.1, 0.15) is 58.2 Å². The highest BCUT2D eigenvalue weighted by molar-refractivity contribution is 6.11. The van der Waals surface area contributed by atoms with Crippen molar-refractivity contribution in [2.24, 2.45) is 0 Å². The van der Waals surface area contributed by atoms with Gasteiger partial charge in [-0.2, -0.15) is 5.26 Å². The second-order valence-corrected chi connectivity index (χ2v) is 13.5. The Balaban J connectivity index is 1.58. The van der Waals surface area contributed by atoms with Gasteiger partial charge in [0.05, 0.1) is 33.7 Å². The fourth-order valence-corrected chi connectivity index (χ4v) is 6.35. The number of hydrogen-bond acceptors (Lipinski definition) is 1. The first-order valence-electron chi connectivity index (χ1n) is 14.7. The zero-order valence-corrected chi connectivity index (χ0v) is 25.2. The summed E-state index contributed by atoms with van der Waals surface area (Å²) in [5.74, 6) is 0. The molecule has 3 heteroatoms. The average Bonchev–Trinajstić information content (AvgIpc) is 3.48. The van der Waals surface area contributed by atoms with Crippen molar-refractivity contribution in [3.63, 3.8) is 0 Å². The van der Waals surface area contributed by atoms with Gasteiger partial charge < -0.3 is 9.13 Å². The van der Waals surface area contributed by atoms with Crippen molar-refractivity contribution in [3.8, 4) is 17.4 Å². The van der Waals surface area contributed by atoms with E-state index in [1.54, 1.807) is 0 Å². The maximum Gasteiger partial charge on any atom is 0.0993 e. The molecule has 206 valence electrons. The van der Waals surface area contributed by atoms with Crippen molar-refractivity contribution in [1.82, 2.24) is 9.13 Å². The lowest BCUT2D eigenvalue weighted by molar-refractivity contribution is 0.590. The van der Waals surface area contributed by atoms with E-state index in [1.165, 1.54) is 32.7 Å². The number of hydrogen-bond donors (Lipinski definition) is 0. The molecule has 2 aromatic heterocycles. The highest BCUT2D eigenvalue weighted by Crippen LogP contribution is 2.38. The SMILES string of the molecule is CC(C)(C)c1ccc2c3ccccc3n(-c3cc(C#N)cc(-n4c5ccccc5c5ccc(C(C)(C)C)cc54)c3)c2c1. The standard InChI is InChI=1S/C39H35N3/c1-38(2,3)26-15-17-32-30-11-7-9-13-34(30)41(36(32)21-26)28-19-25(24-40)20-29(23-28)42-35-14-10-8-12-31(35)33-18-16-27(22-37(33)42)39(4,5)6/h7-23H,1-6H3. The first kappa shape index (κ1) is 26.1. The largest absolute Gasteiger partial charge is 0.309 e. The van der Waals surface area contributed by atoms with Crippen molar-refractivity contribution in [1.29, 1.82) is 5.26 Å². The third-order valence-corrected chi connectivity index (χ3v) is 8.63. The molecule has 0 radical (unpaired) electrons. The minimum Gasteiger partial charge on any atom is -0.309 e. The van der Waals surface area contributed by atoms with E-state index >= 15 is 0 Å². The lowest BCUT2D eigenvalue weighted by atomic mass is 9.86. The van der Waals surface area contributed by atoms with Gasteiger partial charge in [-0.3, -0.25) is 0 Å². The van der Waals surface area contributed by atoms with E-state index in [-0.39, 0.29) is 10.8 Å². The van der Waals surface area contributed by atoms with Crippen LogP contribution in [0.3, 0.4) is 0 Å². The van der Waals surface area contributed by atoms with E-state index in [2.05, 4.69) is 148 Å². The van der Waals surface area contributed by atoms with Gasteiger partial charge in [0.25, 0.3) is 0 Å². The highest BCUT2D eigenvalue weighted by atomic mass is 15.0. The molecular formula is C39H35N3. The Kier molecular flexibility index (Phi) is 5.66. The molecule has 7 aromatic rings. The molecule has 0 saturated heterocycles. The zero-order chi connectivity index (χ0) is 29.4. The van der Waals surface area contributed by atoms with Gasteiger partial charge in [-0.15, -0.1) is 0 Å². The Bertz CT molecular complexity index is 2070. The topological polar surface area (TPSA) is 33.6 Å². The van der Waals surface area contributed by atoms with Crippen molar-refractivity contribution in [3.05, 3.63) is 120 Å². The fraction of sp³-hybridized carbons (Fsp3) is 0.205. The van der Waals surface area contributed by atoms with Crippen LogP contribution < -0.4 is 0 Å². The minimum absolute atomic E-state index is 0.0167. The summed E-state index contributed by atoms with van der Waals surface area (Å²) in [7, 11) is 0. The predicted molar refractivity (Wildman–Crippen MR) is 177 cm³/mol. The highest BCUT2D eigenvalue weighted by Gasteiger charge is 2.21. The fourth-order valence-electron chi connectivity index (χ4n) is 6.35. The van der Waals surface area contributed by atoms with Crippen molar-refractivity contribution in [2.45, 2.75) is 52.4 Å². The van der Waals surface area contributed by atoms with Gasteiger partial charge in [-0.25, -0.2) is 0 Å². The Hall–Kier alpha value is -4.81. The van der Waals surface area contributed by atoms with Gasteiger partial charge in [0.1, 0.15) is 0 Å². The third-order valence-electron chi connectivity index (χ3n) is 8.63. The Morgan fingerprint density at radius 2 is 0.881 bits per heavy atom. The molecule has 0 aliphatic rings. The second-order valence-electron chi connectivity index (χ2n) is 13.5. The molecule has 0 spiro atoms. The van der Waals surface area contributed by atoms with Crippen LogP contribution in [0.4, 0.5) is 0 Å². The van der Waals surface area contributed by atoms with E-state index in [4.69, 9.17) is 0 Å². The van der Waals surface area contributed by atoms with Crippen molar-refractivity contribution < 1.29 is 0 Å². The number of benzene rings is 5. The Morgan fingerprint density at radius 1 is 0.476 bits per heavy atom. The van der Waals surface area contributed by atoms with Crippen LogP contribution >= 0.6 is 0 Å². The van der Waals surface area contributed by atoms with Gasteiger partial charge in [0, 0.05) is 32.9 Å². The Labute approximate surface area is 247 Å². The van der Waals surface area contributed by atoms with Gasteiger partial charge >= 0.3 is 0 Å². The number of fused-ring (bicyclic) bond motifs is 6. The van der Waals surface area contributed by atoms with Crippen LogP contribution in [-0.2, 0) is 10.8 Å². The monoisotopic (exact) mass is 545 g/mol. The minimum atomic E-state index is 0.0167. The molecule has 0 aliphatic heterocycles. The van der Waals surface area contributed by atoms with Gasteiger partial charge in [0.2, 0.25) is 0 Å². The second kappa shape index (κ2) is 9.10.